The number of benzene rings is 1. The SMILES string of the molecule is Cc1nc(F)ccc1C(Nc1cc(C#N)c2ncc(C#N)c(NCC(C)(C)C)c2c1)c1cn(C2(C(F)F)CC2)nn1. The second-order valence-electron chi connectivity index (χ2n) is 11.5. The number of fused-ring (bicyclic) bond motifs is 1. The summed E-state index contributed by atoms with van der Waals surface area (Å²) in [5.41, 5.74) is 1.79. The van der Waals surface area contributed by atoms with E-state index >= 15 is 0 Å². The van der Waals surface area contributed by atoms with E-state index in [4.69, 9.17) is 0 Å². The van der Waals surface area contributed by atoms with Crippen molar-refractivity contribution in [2.45, 2.75) is 58.5 Å². The number of anilines is 2. The molecule has 0 bridgehead atoms. The van der Waals surface area contributed by atoms with Crippen molar-refractivity contribution in [3.05, 3.63) is 70.7 Å². The number of aromatic nitrogens is 5. The van der Waals surface area contributed by atoms with Crippen molar-refractivity contribution >= 4 is 22.3 Å². The fourth-order valence-corrected chi connectivity index (χ4v) is 4.73. The van der Waals surface area contributed by atoms with Crippen molar-refractivity contribution < 1.29 is 13.2 Å². The van der Waals surface area contributed by atoms with Crippen molar-refractivity contribution in [2.75, 3.05) is 17.2 Å². The molecule has 0 spiro atoms. The van der Waals surface area contributed by atoms with Crippen LogP contribution in [-0.2, 0) is 5.54 Å². The summed E-state index contributed by atoms with van der Waals surface area (Å²) < 4.78 is 42.7. The van der Waals surface area contributed by atoms with Gasteiger partial charge in [0.25, 0.3) is 6.43 Å². The fraction of sp³-hybridized carbons (Fsp3) is 0.379. The van der Waals surface area contributed by atoms with Crippen LogP contribution in [0.4, 0.5) is 24.5 Å². The molecule has 1 unspecified atom stereocenters. The Hall–Kier alpha value is -4.71. The molecule has 4 aromatic rings. The highest BCUT2D eigenvalue weighted by atomic mass is 19.3. The molecule has 210 valence electrons. The fourth-order valence-electron chi connectivity index (χ4n) is 4.73. The summed E-state index contributed by atoms with van der Waals surface area (Å²) in [6.45, 7) is 8.36. The Morgan fingerprint density at radius 1 is 1.12 bits per heavy atom. The lowest BCUT2D eigenvalue weighted by molar-refractivity contribution is 0.0593. The van der Waals surface area contributed by atoms with Crippen molar-refractivity contribution in [3.8, 4) is 12.1 Å². The Kier molecular flexibility index (Phi) is 7.03. The van der Waals surface area contributed by atoms with E-state index in [0.29, 0.717) is 51.3 Å². The maximum atomic E-state index is 13.9. The highest BCUT2D eigenvalue weighted by molar-refractivity contribution is 5.99. The number of halogens is 3. The first-order valence-corrected chi connectivity index (χ1v) is 13.1. The molecule has 3 heterocycles. The number of alkyl halides is 2. The highest BCUT2D eigenvalue weighted by Crippen LogP contribution is 2.48. The molecule has 1 atom stereocenters. The molecule has 1 saturated carbocycles. The van der Waals surface area contributed by atoms with Crippen LogP contribution in [0, 0.1) is 40.9 Å². The molecule has 1 aliphatic carbocycles. The molecular formula is C29H28F3N9. The zero-order chi connectivity index (χ0) is 29.5. The normalized spacial score (nSPS) is 14.9. The predicted octanol–water partition coefficient (Wildman–Crippen LogP) is 5.83. The van der Waals surface area contributed by atoms with Gasteiger partial charge in [-0.05, 0) is 43.4 Å². The Bertz CT molecular complexity index is 1710. The van der Waals surface area contributed by atoms with Crippen LogP contribution >= 0.6 is 0 Å². The summed E-state index contributed by atoms with van der Waals surface area (Å²) in [6, 6.07) is 9.70. The highest BCUT2D eigenvalue weighted by Gasteiger charge is 2.54. The van der Waals surface area contributed by atoms with Gasteiger partial charge in [0.15, 0.2) is 0 Å². The van der Waals surface area contributed by atoms with Crippen LogP contribution in [-0.4, -0.2) is 37.9 Å². The van der Waals surface area contributed by atoms with Crippen LogP contribution in [0.3, 0.4) is 0 Å². The predicted molar refractivity (Wildman–Crippen MR) is 147 cm³/mol. The summed E-state index contributed by atoms with van der Waals surface area (Å²) in [4.78, 5) is 8.32. The molecular weight excluding hydrogens is 531 g/mol. The Balaban J connectivity index is 1.63. The summed E-state index contributed by atoms with van der Waals surface area (Å²) >= 11 is 0. The maximum Gasteiger partial charge on any atom is 0.263 e. The van der Waals surface area contributed by atoms with Crippen molar-refractivity contribution in [1.82, 2.24) is 25.0 Å². The van der Waals surface area contributed by atoms with Gasteiger partial charge in [0.1, 0.15) is 23.4 Å². The zero-order valence-electron chi connectivity index (χ0n) is 23.0. The molecule has 0 saturated heterocycles. The topological polar surface area (TPSA) is 128 Å². The smallest absolute Gasteiger partial charge is 0.263 e. The molecule has 1 fully saturated rings. The standard InChI is InChI=1S/C29H28F3N9/c1-16-20(5-6-23(30)37-16)26(22-14-41(40-39-22)29(7-8-29)27(31)32)38-19-9-17(11-33)24-21(10-19)25(18(12-34)13-35-24)36-15-28(2,3)4/h5-6,9-10,13-14,26-27,38H,7-8,15H2,1-4H3,(H,35,36). The van der Waals surface area contributed by atoms with E-state index in [1.165, 1.54) is 23.1 Å². The number of hydrogen-bond acceptors (Lipinski definition) is 8. The van der Waals surface area contributed by atoms with Crippen LogP contribution in [0.1, 0.15) is 67.7 Å². The first kappa shape index (κ1) is 27.8. The monoisotopic (exact) mass is 559 g/mol. The zero-order valence-corrected chi connectivity index (χ0v) is 23.0. The van der Waals surface area contributed by atoms with Gasteiger partial charge >= 0.3 is 0 Å². The first-order chi connectivity index (χ1) is 19.5. The summed E-state index contributed by atoms with van der Waals surface area (Å²) in [5.74, 6) is -0.662. The van der Waals surface area contributed by atoms with E-state index in [0.717, 1.165) is 0 Å². The molecule has 12 heteroatoms. The van der Waals surface area contributed by atoms with Gasteiger partial charge in [-0.25, -0.2) is 18.4 Å². The molecule has 0 amide bonds. The number of nitrogens with zero attached hydrogens (tertiary/aromatic N) is 7. The minimum absolute atomic E-state index is 0.0998. The third-order valence-corrected chi connectivity index (χ3v) is 7.15. The van der Waals surface area contributed by atoms with Crippen molar-refractivity contribution in [3.63, 3.8) is 0 Å². The van der Waals surface area contributed by atoms with Gasteiger partial charge in [-0.3, -0.25) is 4.98 Å². The number of nitriles is 2. The molecule has 3 aromatic heterocycles. The van der Waals surface area contributed by atoms with Crippen molar-refractivity contribution in [2.24, 2.45) is 5.41 Å². The second-order valence-corrected chi connectivity index (χ2v) is 11.5. The van der Waals surface area contributed by atoms with Crippen LogP contribution < -0.4 is 10.6 Å². The molecule has 0 aliphatic heterocycles. The number of rotatable bonds is 8. The molecule has 9 nitrogen and oxygen atoms in total. The summed E-state index contributed by atoms with van der Waals surface area (Å²) in [7, 11) is 0. The quantitative estimate of drug-likeness (QED) is 0.258. The third-order valence-electron chi connectivity index (χ3n) is 7.15. The molecule has 0 radical (unpaired) electrons. The lowest BCUT2D eigenvalue weighted by atomic mass is 9.96. The van der Waals surface area contributed by atoms with Gasteiger partial charge in [0.2, 0.25) is 5.95 Å². The van der Waals surface area contributed by atoms with Gasteiger partial charge in [0, 0.05) is 35.1 Å². The van der Waals surface area contributed by atoms with Gasteiger partial charge < -0.3 is 10.6 Å². The number of nitrogens with one attached hydrogen (secondary N) is 2. The van der Waals surface area contributed by atoms with E-state index in [1.807, 2.05) is 0 Å². The van der Waals surface area contributed by atoms with Crippen LogP contribution in [0.2, 0.25) is 0 Å². The molecule has 41 heavy (non-hydrogen) atoms. The molecule has 2 N–H and O–H groups in total. The molecule has 5 rings (SSSR count). The number of aryl methyl sites for hydroxylation is 1. The Labute approximate surface area is 235 Å². The van der Waals surface area contributed by atoms with Crippen LogP contribution in [0.5, 0.6) is 0 Å². The first-order valence-electron chi connectivity index (χ1n) is 13.1. The van der Waals surface area contributed by atoms with Crippen LogP contribution in [0.25, 0.3) is 10.9 Å². The van der Waals surface area contributed by atoms with Crippen LogP contribution in [0.15, 0.2) is 36.7 Å². The Morgan fingerprint density at radius 2 is 1.85 bits per heavy atom. The summed E-state index contributed by atoms with van der Waals surface area (Å²) in [6.07, 6.45) is 0.885. The minimum Gasteiger partial charge on any atom is -0.383 e. The molecule has 1 aliphatic rings. The van der Waals surface area contributed by atoms with E-state index < -0.39 is 24.0 Å². The van der Waals surface area contributed by atoms with Gasteiger partial charge in [-0.2, -0.15) is 14.9 Å². The van der Waals surface area contributed by atoms with E-state index in [2.05, 4.69) is 63.8 Å². The lowest BCUT2D eigenvalue weighted by Gasteiger charge is -2.23. The lowest BCUT2D eigenvalue weighted by Crippen LogP contribution is -2.26. The molecule has 1 aromatic carbocycles. The summed E-state index contributed by atoms with van der Waals surface area (Å²) in [5, 5.41) is 35.2. The van der Waals surface area contributed by atoms with Crippen molar-refractivity contribution in [1.29, 1.82) is 10.5 Å². The largest absolute Gasteiger partial charge is 0.383 e. The van der Waals surface area contributed by atoms with Gasteiger partial charge in [0.05, 0.1) is 34.6 Å². The van der Waals surface area contributed by atoms with E-state index in [-0.39, 0.29) is 23.8 Å². The number of hydrogen-bond donors (Lipinski definition) is 2. The van der Waals surface area contributed by atoms with E-state index in [1.54, 1.807) is 25.1 Å². The van der Waals surface area contributed by atoms with Gasteiger partial charge in [-0.1, -0.05) is 32.1 Å². The van der Waals surface area contributed by atoms with Gasteiger partial charge in [-0.15, -0.1) is 5.10 Å². The third kappa shape index (κ3) is 5.38. The van der Waals surface area contributed by atoms with E-state index in [9.17, 15) is 23.7 Å². The average molecular weight is 560 g/mol. The Morgan fingerprint density at radius 3 is 2.46 bits per heavy atom. The average Bonchev–Trinajstić information content (AvgIpc) is 3.60. The maximum absolute atomic E-state index is 13.9. The minimum atomic E-state index is -2.60. The second kappa shape index (κ2) is 10.4. The number of pyridine rings is 2.